The number of anilines is 1. The monoisotopic (exact) mass is 425 g/mol. The number of nitrogens with zero attached hydrogens (tertiary/aromatic N) is 1. The number of imide groups is 1. The maximum Gasteiger partial charge on any atom is 0.264 e. The van der Waals surface area contributed by atoms with Crippen LogP contribution in [-0.4, -0.2) is 38.0 Å². The number of alkyl halides is 1. The van der Waals surface area contributed by atoms with Crippen LogP contribution in [0.1, 0.15) is 10.8 Å². The number of amides is 2. The molecule has 2 amide bonds. The Labute approximate surface area is 171 Å². The summed E-state index contributed by atoms with van der Waals surface area (Å²) in [6.45, 7) is 0. The molecule has 2 aromatic rings. The number of hydrogen-bond acceptors (Lipinski definition) is 5. The molecule has 0 saturated carbocycles. The lowest BCUT2D eigenvalue weighted by Crippen LogP contribution is -2.45. The number of fused-ring (bicyclic) bond motifs is 1. The van der Waals surface area contributed by atoms with Gasteiger partial charge in [0.25, 0.3) is 5.91 Å². The van der Waals surface area contributed by atoms with E-state index in [4.69, 9.17) is 32.7 Å². The van der Waals surface area contributed by atoms with Crippen molar-refractivity contribution in [3.8, 4) is 5.75 Å². The molecule has 27 heavy (non-hydrogen) atoms. The Balaban J connectivity index is 2.15. The number of carbonyl (C=O) groups is 2. The smallest absolute Gasteiger partial charge is 0.264 e. The molecule has 1 aliphatic rings. The minimum Gasteiger partial charge on any atom is -0.497 e. The fraction of sp³-hybridized carbons (Fsp3) is 0.263. The van der Waals surface area contributed by atoms with Crippen molar-refractivity contribution in [1.29, 1.82) is 0 Å². The van der Waals surface area contributed by atoms with Crippen LogP contribution in [0, 0.1) is 0 Å². The summed E-state index contributed by atoms with van der Waals surface area (Å²) in [5, 5.41) is -0.0733. The SMILES string of the molecule is COc1ccc(C2Sc3cccc(Cl)c3N(C(=O)CCl)C(=O)C2OC)cc1. The van der Waals surface area contributed by atoms with Crippen LogP contribution in [0.25, 0.3) is 0 Å². The minimum absolute atomic E-state index is 0.303. The molecule has 2 unspecified atom stereocenters. The van der Waals surface area contributed by atoms with Gasteiger partial charge in [-0.1, -0.05) is 29.8 Å². The number of hydrogen-bond donors (Lipinski definition) is 0. The van der Waals surface area contributed by atoms with E-state index in [1.807, 2.05) is 30.3 Å². The topological polar surface area (TPSA) is 55.8 Å². The second-order valence-corrected chi connectivity index (χ2v) is 7.61. The molecule has 0 aliphatic carbocycles. The van der Waals surface area contributed by atoms with E-state index < -0.39 is 17.9 Å². The Hall–Kier alpha value is -1.73. The molecular formula is C19H17Cl2NO4S. The van der Waals surface area contributed by atoms with Gasteiger partial charge in [0.15, 0.2) is 6.10 Å². The van der Waals surface area contributed by atoms with Gasteiger partial charge < -0.3 is 9.47 Å². The third-order valence-electron chi connectivity index (χ3n) is 4.23. The van der Waals surface area contributed by atoms with E-state index in [9.17, 15) is 9.59 Å². The van der Waals surface area contributed by atoms with E-state index in [0.717, 1.165) is 10.5 Å². The molecule has 1 aliphatic heterocycles. The summed E-state index contributed by atoms with van der Waals surface area (Å²) < 4.78 is 10.7. The molecule has 1 heterocycles. The molecule has 2 atom stereocenters. The van der Waals surface area contributed by atoms with Crippen LogP contribution in [-0.2, 0) is 14.3 Å². The zero-order valence-electron chi connectivity index (χ0n) is 14.6. The van der Waals surface area contributed by atoms with Crippen molar-refractivity contribution in [2.24, 2.45) is 0 Å². The van der Waals surface area contributed by atoms with Crippen molar-refractivity contribution in [2.45, 2.75) is 16.2 Å². The van der Waals surface area contributed by atoms with Gasteiger partial charge in [0.1, 0.15) is 11.6 Å². The highest BCUT2D eigenvalue weighted by atomic mass is 35.5. The van der Waals surface area contributed by atoms with E-state index in [1.54, 1.807) is 19.2 Å². The number of methoxy groups -OCH3 is 2. The summed E-state index contributed by atoms with van der Waals surface area (Å²) in [6, 6.07) is 12.6. The van der Waals surface area contributed by atoms with Crippen LogP contribution in [0.3, 0.4) is 0 Å². The van der Waals surface area contributed by atoms with E-state index in [0.29, 0.717) is 21.4 Å². The molecule has 3 rings (SSSR count). The van der Waals surface area contributed by atoms with E-state index in [1.165, 1.54) is 18.9 Å². The number of halogens is 2. The second-order valence-electron chi connectivity index (χ2n) is 5.76. The summed E-state index contributed by atoms with van der Waals surface area (Å²) in [5.74, 6) is -0.678. The highest BCUT2D eigenvalue weighted by molar-refractivity contribution is 7.99. The van der Waals surface area contributed by atoms with Gasteiger partial charge in [-0.3, -0.25) is 9.59 Å². The van der Waals surface area contributed by atoms with Gasteiger partial charge in [-0.25, -0.2) is 4.90 Å². The number of thioether (sulfide) groups is 1. The third kappa shape index (κ3) is 3.80. The highest BCUT2D eigenvalue weighted by Crippen LogP contribution is 2.49. The summed E-state index contributed by atoms with van der Waals surface area (Å²) >= 11 is 13.5. The van der Waals surface area contributed by atoms with Crippen LogP contribution in [0.2, 0.25) is 5.02 Å². The maximum absolute atomic E-state index is 13.2. The number of carbonyl (C=O) groups excluding carboxylic acids is 2. The summed E-state index contributed by atoms with van der Waals surface area (Å²) in [6.07, 6.45) is -0.890. The number of ether oxygens (including phenoxy) is 2. The molecule has 0 saturated heterocycles. The Morgan fingerprint density at radius 1 is 1.19 bits per heavy atom. The van der Waals surface area contributed by atoms with Crippen molar-refractivity contribution >= 4 is 52.5 Å². The average molecular weight is 426 g/mol. The summed E-state index contributed by atoms with van der Waals surface area (Å²) in [5.41, 5.74) is 1.21. The lowest BCUT2D eigenvalue weighted by atomic mass is 10.1. The minimum atomic E-state index is -0.890. The fourth-order valence-corrected chi connectivity index (χ4v) is 4.76. The summed E-state index contributed by atoms with van der Waals surface area (Å²) in [4.78, 5) is 27.4. The molecule has 2 aromatic carbocycles. The van der Waals surface area contributed by atoms with Gasteiger partial charge in [0.2, 0.25) is 5.91 Å². The van der Waals surface area contributed by atoms with Crippen molar-refractivity contribution in [1.82, 2.24) is 0 Å². The average Bonchev–Trinajstić information content (AvgIpc) is 2.82. The molecule has 0 aromatic heterocycles. The lowest BCUT2D eigenvalue weighted by Gasteiger charge is -2.25. The van der Waals surface area contributed by atoms with Gasteiger partial charge in [-0.05, 0) is 29.8 Å². The van der Waals surface area contributed by atoms with E-state index >= 15 is 0 Å². The largest absolute Gasteiger partial charge is 0.497 e. The predicted octanol–water partition coefficient (Wildman–Crippen LogP) is 4.31. The van der Waals surface area contributed by atoms with Crippen molar-refractivity contribution in [2.75, 3.05) is 25.0 Å². The van der Waals surface area contributed by atoms with Crippen LogP contribution in [0.5, 0.6) is 5.75 Å². The van der Waals surface area contributed by atoms with Gasteiger partial charge >= 0.3 is 0 Å². The first kappa shape index (κ1) is 20.0. The standard InChI is InChI=1S/C19H17Cl2NO4S/c1-25-12-8-6-11(7-9-12)18-17(26-2)19(24)22(15(23)10-20)16-13(21)4-3-5-14(16)27-18/h3-9,17-18H,10H2,1-2H3. The lowest BCUT2D eigenvalue weighted by molar-refractivity contribution is -0.132. The molecule has 0 N–H and O–H groups in total. The van der Waals surface area contributed by atoms with Crippen LogP contribution in [0.15, 0.2) is 47.4 Å². The van der Waals surface area contributed by atoms with Crippen molar-refractivity contribution < 1.29 is 19.1 Å². The highest BCUT2D eigenvalue weighted by Gasteiger charge is 2.41. The fourth-order valence-electron chi connectivity index (χ4n) is 2.94. The van der Waals surface area contributed by atoms with Crippen molar-refractivity contribution in [3.63, 3.8) is 0 Å². The Morgan fingerprint density at radius 2 is 1.89 bits per heavy atom. The quantitative estimate of drug-likeness (QED) is 0.683. The first-order valence-electron chi connectivity index (χ1n) is 8.06. The second kappa shape index (κ2) is 8.52. The number of benzene rings is 2. The molecule has 0 radical (unpaired) electrons. The number of para-hydroxylation sites is 1. The normalized spacial score (nSPS) is 19.4. The third-order valence-corrected chi connectivity index (χ3v) is 6.12. The summed E-state index contributed by atoms with van der Waals surface area (Å²) in [7, 11) is 3.03. The number of rotatable bonds is 4. The van der Waals surface area contributed by atoms with Gasteiger partial charge in [-0.2, -0.15) is 0 Å². The molecule has 8 heteroatoms. The molecule has 0 spiro atoms. The Morgan fingerprint density at radius 3 is 2.48 bits per heavy atom. The van der Waals surface area contributed by atoms with Gasteiger partial charge in [0, 0.05) is 12.0 Å². The molecule has 5 nitrogen and oxygen atoms in total. The Kier molecular flexibility index (Phi) is 6.32. The Bertz CT molecular complexity index is 859. The van der Waals surface area contributed by atoms with Crippen molar-refractivity contribution in [3.05, 3.63) is 53.1 Å². The predicted molar refractivity (Wildman–Crippen MR) is 107 cm³/mol. The van der Waals surface area contributed by atoms with Gasteiger partial charge in [0.05, 0.1) is 23.1 Å². The maximum atomic E-state index is 13.2. The first-order valence-corrected chi connectivity index (χ1v) is 9.85. The van der Waals surface area contributed by atoms with Gasteiger partial charge in [-0.15, -0.1) is 23.4 Å². The zero-order chi connectivity index (χ0) is 19.6. The molecule has 0 bridgehead atoms. The van der Waals surface area contributed by atoms with E-state index in [-0.39, 0.29) is 11.1 Å². The molecule has 142 valence electrons. The zero-order valence-corrected chi connectivity index (χ0v) is 17.0. The van der Waals surface area contributed by atoms with E-state index in [2.05, 4.69) is 0 Å². The van der Waals surface area contributed by atoms with Crippen LogP contribution >= 0.6 is 35.0 Å². The van der Waals surface area contributed by atoms with Crippen LogP contribution in [0.4, 0.5) is 5.69 Å². The molecular weight excluding hydrogens is 409 g/mol. The first-order chi connectivity index (χ1) is 13.0. The molecule has 0 fully saturated rings. The van der Waals surface area contributed by atoms with Crippen LogP contribution < -0.4 is 9.64 Å².